The van der Waals surface area contributed by atoms with Crippen molar-refractivity contribution < 1.29 is 18.3 Å². The number of hydrogen-bond acceptors (Lipinski definition) is 4. The van der Waals surface area contributed by atoms with Crippen LogP contribution in [0.1, 0.15) is 28.8 Å². The molecular formula is C20H25N3O4S. The average molecular weight is 404 g/mol. The number of nitrogens with zero attached hydrogens (tertiary/aromatic N) is 3. The number of pyridine rings is 1. The maximum absolute atomic E-state index is 12.4. The lowest BCUT2D eigenvalue weighted by Gasteiger charge is -2.33. The number of benzene rings is 1. The Kier molecular flexibility index (Phi) is 6.12. The summed E-state index contributed by atoms with van der Waals surface area (Å²) < 4.78 is 27.5. The second-order valence-corrected chi connectivity index (χ2v) is 9.44. The van der Waals surface area contributed by atoms with E-state index >= 15 is 0 Å². The van der Waals surface area contributed by atoms with Gasteiger partial charge in [-0.05, 0) is 48.9 Å². The molecule has 2 aromatic rings. The summed E-state index contributed by atoms with van der Waals surface area (Å²) in [4.78, 5) is 15.6. The van der Waals surface area contributed by atoms with Crippen LogP contribution in [-0.2, 0) is 16.6 Å². The maximum atomic E-state index is 12.4. The SMILES string of the molecule is CN(C)S(=O)(=O)N1CCCC(Cc2ccc(-c3cccc(C(=O)O)c3)nc2)C1. The standard InChI is InChI=1S/C20H25N3O4S/c1-22(2)28(26,27)23-10-4-5-16(14-23)11-15-8-9-19(21-13-15)17-6-3-7-18(12-17)20(24)25/h3,6-9,12-13,16H,4-5,10-11,14H2,1-2H3,(H,24,25). The van der Waals surface area contributed by atoms with Gasteiger partial charge in [-0.3, -0.25) is 4.98 Å². The van der Waals surface area contributed by atoms with Gasteiger partial charge < -0.3 is 5.11 Å². The molecule has 0 amide bonds. The summed E-state index contributed by atoms with van der Waals surface area (Å²) in [6.07, 6.45) is 4.40. The number of carboxylic acid groups (broad SMARTS) is 1. The number of aromatic nitrogens is 1. The predicted molar refractivity (Wildman–Crippen MR) is 107 cm³/mol. The Morgan fingerprint density at radius 2 is 2.07 bits per heavy atom. The zero-order valence-corrected chi connectivity index (χ0v) is 16.9. The van der Waals surface area contributed by atoms with Crippen molar-refractivity contribution in [3.05, 3.63) is 53.7 Å². The molecule has 28 heavy (non-hydrogen) atoms. The van der Waals surface area contributed by atoms with E-state index in [1.807, 2.05) is 18.2 Å². The highest BCUT2D eigenvalue weighted by Crippen LogP contribution is 2.24. The molecule has 7 nitrogen and oxygen atoms in total. The largest absolute Gasteiger partial charge is 0.478 e. The highest BCUT2D eigenvalue weighted by Gasteiger charge is 2.30. The van der Waals surface area contributed by atoms with Crippen molar-refractivity contribution >= 4 is 16.2 Å². The molecule has 1 saturated heterocycles. The van der Waals surface area contributed by atoms with Gasteiger partial charge in [0.15, 0.2) is 0 Å². The van der Waals surface area contributed by atoms with E-state index in [4.69, 9.17) is 5.11 Å². The molecule has 1 aromatic carbocycles. The molecule has 1 unspecified atom stereocenters. The summed E-state index contributed by atoms with van der Waals surface area (Å²) in [5.41, 5.74) is 2.75. The van der Waals surface area contributed by atoms with Gasteiger partial charge in [-0.15, -0.1) is 0 Å². The van der Waals surface area contributed by atoms with Crippen molar-refractivity contribution in [2.24, 2.45) is 5.92 Å². The van der Waals surface area contributed by atoms with E-state index in [0.717, 1.165) is 30.4 Å². The zero-order chi connectivity index (χ0) is 20.3. The summed E-state index contributed by atoms with van der Waals surface area (Å²) in [5.74, 6) is -0.709. The Balaban J connectivity index is 1.69. The minimum absolute atomic E-state index is 0.229. The third-order valence-corrected chi connectivity index (χ3v) is 6.93. The minimum atomic E-state index is -3.38. The topological polar surface area (TPSA) is 90.8 Å². The monoisotopic (exact) mass is 403 g/mol. The summed E-state index contributed by atoms with van der Waals surface area (Å²) in [5, 5.41) is 9.13. The van der Waals surface area contributed by atoms with Crippen LogP contribution in [0.3, 0.4) is 0 Å². The Labute approximate surface area is 165 Å². The lowest BCUT2D eigenvalue weighted by molar-refractivity contribution is 0.0697. The Bertz CT molecular complexity index is 942. The van der Waals surface area contributed by atoms with E-state index in [2.05, 4.69) is 4.98 Å². The van der Waals surface area contributed by atoms with Crippen LogP contribution in [0, 0.1) is 5.92 Å². The Morgan fingerprint density at radius 1 is 1.29 bits per heavy atom. The number of hydrogen-bond donors (Lipinski definition) is 1. The summed E-state index contributed by atoms with van der Waals surface area (Å²) in [7, 11) is -0.263. The first-order valence-corrected chi connectivity index (χ1v) is 10.6. The van der Waals surface area contributed by atoms with Crippen LogP contribution in [0.15, 0.2) is 42.6 Å². The van der Waals surface area contributed by atoms with Crippen molar-refractivity contribution in [3.8, 4) is 11.3 Å². The highest BCUT2D eigenvalue weighted by molar-refractivity contribution is 7.86. The molecule has 1 fully saturated rings. The van der Waals surface area contributed by atoms with E-state index in [1.54, 1.807) is 42.8 Å². The smallest absolute Gasteiger partial charge is 0.335 e. The fourth-order valence-electron chi connectivity index (χ4n) is 3.49. The molecule has 8 heteroatoms. The quantitative estimate of drug-likeness (QED) is 0.800. The molecule has 1 aliphatic rings. The molecule has 1 atom stereocenters. The van der Waals surface area contributed by atoms with Crippen LogP contribution in [0.2, 0.25) is 0 Å². The van der Waals surface area contributed by atoms with Crippen LogP contribution >= 0.6 is 0 Å². The number of carbonyl (C=O) groups is 1. The third-order valence-electron chi connectivity index (χ3n) is 5.02. The Hall–Kier alpha value is -2.29. The van der Waals surface area contributed by atoms with Crippen molar-refractivity contribution in [3.63, 3.8) is 0 Å². The van der Waals surface area contributed by atoms with Crippen molar-refractivity contribution in [2.75, 3.05) is 27.2 Å². The molecule has 1 aromatic heterocycles. The van der Waals surface area contributed by atoms with E-state index in [1.165, 1.54) is 4.31 Å². The number of aromatic carboxylic acids is 1. The van der Waals surface area contributed by atoms with Gasteiger partial charge in [-0.2, -0.15) is 17.0 Å². The molecule has 0 spiro atoms. The van der Waals surface area contributed by atoms with Gasteiger partial charge in [0.05, 0.1) is 11.3 Å². The van der Waals surface area contributed by atoms with Gasteiger partial charge in [0, 0.05) is 38.9 Å². The molecule has 0 bridgehead atoms. The summed E-state index contributed by atoms with van der Waals surface area (Å²) in [6.45, 7) is 1.08. The van der Waals surface area contributed by atoms with Crippen molar-refractivity contribution in [1.29, 1.82) is 0 Å². The third kappa shape index (κ3) is 4.57. The van der Waals surface area contributed by atoms with Gasteiger partial charge >= 0.3 is 5.97 Å². The van der Waals surface area contributed by atoms with Gasteiger partial charge in [0.1, 0.15) is 0 Å². The van der Waals surface area contributed by atoms with Gasteiger partial charge in [-0.25, -0.2) is 4.79 Å². The second kappa shape index (κ2) is 8.38. The predicted octanol–water partition coefficient (Wildman–Crippen LogP) is 2.51. The van der Waals surface area contributed by atoms with Gasteiger partial charge in [-0.1, -0.05) is 18.2 Å². The lowest BCUT2D eigenvalue weighted by Crippen LogP contribution is -2.45. The van der Waals surface area contributed by atoms with Crippen LogP contribution < -0.4 is 0 Å². The molecule has 1 N–H and O–H groups in total. The first-order valence-electron chi connectivity index (χ1n) is 9.23. The van der Waals surface area contributed by atoms with E-state index in [-0.39, 0.29) is 11.5 Å². The first-order chi connectivity index (χ1) is 13.3. The molecule has 0 aliphatic carbocycles. The fourth-order valence-corrected chi connectivity index (χ4v) is 4.72. The minimum Gasteiger partial charge on any atom is -0.478 e. The van der Waals surface area contributed by atoms with Gasteiger partial charge in [0.25, 0.3) is 10.2 Å². The molecule has 1 aliphatic heterocycles. The van der Waals surface area contributed by atoms with E-state index in [9.17, 15) is 13.2 Å². The average Bonchev–Trinajstić information content (AvgIpc) is 2.69. The molecule has 0 saturated carbocycles. The molecule has 2 heterocycles. The molecule has 150 valence electrons. The van der Waals surface area contributed by atoms with Crippen LogP contribution in [0.25, 0.3) is 11.3 Å². The lowest BCUT2D eigenvalue weighted by atomic mass is 9.93. The second-order valence-electron chi connectivity index (χ2n) is 7.30. The van der Waals surface area contributed by atoms with Crippen molar-refractivity contribution in [2.45, 2.75) is 19.3 Å². The zero-order valence-electron chi connectivity index (χ0n) is 16.1. The Morgan fingerprint density at radius 3 is 2.71 bits per heavy atom. The normalized spacial score (nSPS) is 18.3. The number of rotatable bonds is 6. The van der Waals surface area contributed by atoms with Crippen molar-refractivity contribution in [1.82, 2.24) is 13.6 Å². The number of piperidine rings is 1. The van der Waals surface area contributed by atoms with Gasteiger partial charge in [0.2, 0.25) is 0 Å². The number of carboxylic acids is 1. The summed E-state index contributed by atoms with van der Waals surface area (Å²) >= 11 is 0. The molecule has 0 radical (unpaired) electrons. The molecular weight excluding hydrogens is 378 g/mol. The molecule has 3 rings (SSSR count). The highest BCUT2D eigenvalue weighted by atomic mass is 32.2. The van der Waals surface area contributed by atoms with E-state index in [0.29, 0.717) is 18.8 Å². The van der Waals surface area contributed by atoms with E-state index < -0.39 is 16.2 Å². The summed E-state index contributed by atoms with van der Waals surface area (Å²) in [6, 6.07) is 10.6. The fraction of sp³-hybridized carbons (Fsp3) is 0.400. The maximum Gasteiger partial charge on any atom is 0.335 e. The van der Waals surface area contributed by atoms with Crippen LogP contribution in [0.5, 0.6) is 0 Å². The first kappa shape index (κ1) is 20.4. The van der Waals surface area contributed by atoms with Crippen LogP contribution in [0.4, 0.5) is 0 Å². The van der Waals surface area contributed by atoms with Crippen LogP contribution in [-0.4, -0.2) is 60.3 Å².